The zero-order valence-electron chi connectivity index (χ0n) is 21.5. The summed E-state index contributed by atoms with van der Waals surface area (Å²) in [5.74, 6) is 0. The van der Waals surface area contributed by atoms with Crippen molar-refractivity contribution in [3.63, 3.8) is 0 Å². The van der Waals surface area contributed by atoms with Crippen molar-refractivity contribution in [2.75, 3.05) is 20.6 Å². The molecule has 0 bridgehead atoms. The van der Waals surface area contributed by atoms with Crippen LogP contribution in [0.2, 0.25) is 0 Å². The van der Waals surface area contributed by atoms with E-state index in [9.17, 15) is 0 Å². The molecule has 1 heterocycles. The zero-order chi connectivity index (χ0) is 24.5. The molecule has 178 valence electrons. The van der Waals surface area contributed by atoms with E-state index in [0.29, 0.717) is 6.54 Å². The molecule has 4 nitrogen and oxygen atoms in total. The normalized spacial score (nSPS) is 19.4. The molecule has 0 aromatic heterocycles. The fourth-order valence-corrected chi connectivity index (χ4v) is 4.05. The first-order valence-electron chi connectivity index (χ1n) is 12.0. The molecule has 1 N–H and O–H groups in total. The van der Waals surface area contributed by atoms with Gasteiger partial charge in [-0.2, -0.15) is 0 Å². The van der Waals surface area contributed by atoms with E-state index in [2.05, 4.69) is 87.2 Å². The number of benzene rings is 1. The van der Waals surface area contributed by atoms with Gasteiger partial charge in [-0.1, -0.05) is 50.8 Å². The Bertz CT molecular complexity index is 958. The van der Waals surface area contributed by atoms with Gasteiger partial charge >= 0.3 is 0 Å². The molecule has 1 unspecified atom stereocenters. The molecule has 1 aromatic carbocycles. The van der Waals surface area contributed by atoms with Crippen LogP contribution in [-0.2, 0) is 6.42 Å². The van der Waals surface area contributed by atoms with Crippen LogP contribution in [0.1, 0.15) is 69.7 Å². The molecule has 0 fully saturated rings. The Morgan fingerprint density at radius 3 is 2.45 bits per heavy atom. The highest BCUT2D eigenvalue weighted by Gasteiger charge is 2.26. The van der Waals surface area contributed by atoms with Gasteiger partial charge < -0.3 is 5.32 Å². The van der Waals surface area contributed by atoms with Gasteiger partial charge in [-0.15, -0.1) is 6.58 Å². The van der Waals surface area contributed by atoms with Gasteiger partial charge in [0.1, 0.15) is 0 Å². The Balaban J connectivity index is 0.000000890. The van der Waals surface area contributed by atoms with Crippen molar-refractivity contribution in [3.05, 3.63) is 77.7 Å². The van der Waals surface area contributed by atoms with Crippen molar-refractivity contribution >= 4 is 17.5 Å². The molecule has 0 saturated carbocycles. The Morgan fingerprint density at radius 1 is 1.15 bits per heavy atom. The van der Waals surface area contributed by atoms with E-state index < -0.39 is 0 Å². The number of allylic oxidation sites excluding steroid dienone is 3. The first-order valence-corrected chi connectivity index (χ1v) is 12.0. The third-order valence-corrected chi connectivity index (χ3v) is 5.86. The van der Waals surface area contributed by atoms with Gasteiger partial charge in [-0.3, -0.25) is 14.9 Å². The predicted molar refractivity (Wildman–Crippen MR) is 146 cm³/mol. The smallest absolute Gasteiger partial charge is 0.0789 e. The largest absolute Gasteiger partial charge is 0.377 e. The van der Waals surface area contributed by atoms with E-state index in [-0.39, 0.29) is 12.1 Å². The first kappa shape index (κ1) is 26.5. The average Bonchev–Trinajstić information content (AvgIpc) is 3.14. The number of hydrogen-bond acceptors (Lipinski definition) is 4. The Labute approximate surface area is 201 Å². The standard InChI is InChI=1S/C25H34N4.C4H8/c1-7-17(3)19-9-11-22-20(15-19)10-12-23(22)28-18(4)25-24(29(5)6)16-21(8-2)26-13-14-27-25;1-4(2)3/h9,11,13,15-16,23-24,28H,3-4,7-8,10,12,14H2,1-2,5-6H3;1H2,2-3H3/t23-,24?;/m0./s1. The summed E-state index contributed by atoms with van der Waals surface area (Å²) in [6.07, 6.45) is 8.15. The number of aliphatic imine (C=N–C) groups is 2. The summed E-state index contributed by atoms with van der Waals surface area (Å²) in [5.41, 5.74) is 9.43. The fourth-order valence-electron chi connectivity index (χ4n) is 4.05. The Morgan fingerprint density at radius 2 is 1.85 bits per heavy atom. The highest BCUT2D eigenvalue weighted by Crippen LogP contribution is 2.34. The van der Waals surface area contributed by atoms with Gasteiger partial charge in [0.2, 0.25) is 0 Å². The van der Waals surface area contributed by atoms with Gasteiger partial charge in [0.25, 0.3) is 0 Å². The van der Waals surface area contributed by atoms with Crippen molar-refractivity contribution in [2.24, 2.45) is 9.98 Å². The van der Waals surface area contributed by atoms with Crippen LogP contribution < -0.4 is 5.32 Å². The molecule has 3 rings (SSSR count). The van der Waals surface area contributed by atoms with E-state index >= 15 is 0 Å². The molecule has 0 spiro atoms. The van der Waals surface area contributed by atoms with E-state index in [1.54, 1.807) is 0 Å². The summed E-state index contributed by atoms with van der Waals surface area (Å²) >= 11 is 0. The van der Waals surface area contributed by atoms with E-state index in [0.717, 1.165) is 42.8 Å². The van der Waals surface area contributed by atoms with Gasteiger partial charge in [0.05, 0.1) is 30.0 Å². The average molecular weight is 447 g/mol. The van der Waals surface area contributed by atoms with Crippen LogP contribution >= 0.6 is 0 Å². The molecule has 4 heteroatoms. The number of nitrogens with one attached hydrogen (secondary N) is 1. The summed E-state index contributed by atoms with van der Waals surface area (Å²) in [7, 11) is 4.16. The van der Waals surface area contributed by atoms with Gasteiger partial charge in [0, 0.05) is 11.9 Å². The van der Waals surface area contributed by atoms with Crippen LogP contribution in [0, 0.1) is 0 Å². The van der Waals surface area contributed by atoms with Crippen molar-refractivity contribution in [1.29, 1.82) is 0 Å². The highest BCUT2D eigenvalue weighted by molar-refractivity contribution is 6.05. The molecule has 0 radical (unpaired) electrons. The second kappa shape index (κ2) is 12.5. The third kappa shape index (κ3) is 7.40. The van der Waals surface area contributed by atoms with Crippen molar-refractivity contribution in [3.8, 4) is 0 Å². The summed E-state index contributed by atoms with van der Waals surface area (Å²) in [4.78, 5) is 11.5. The number of aryl methyl sites for hydroxylation is 1. The fraction of sp³-hybridized carbons (Fsp3) is 0.448. The maximum absolute atomic E-state index is 4.81. The van der Waals surface area contributed by atoms with Crippen LogP contribution in [0.4, 0.5) is 0 Å². The highest BCUT2D eigenvalue weighted by atomic mass is 15.1. The lowest BCUT2D eigenvalue weighted by molar-refractivity contribution is 0.404. The first-order chi connectivity index (χ1) is 15.7. The van der Waals surface area contributed by atoms with Crippen molar-refractivity contribution in [1.82, 2.24) is 10.2 Å². The van der Waals surface area contributed by atoms with Crippen LogP contribution in [0.15, 0.2) is 71.0 Å². The van der Waals surface area contributed by atoms with Crippen molar-refractivity contribution in [2.45, 2.75) is 65.5 Å². The van der Waals surface area contributed by atoms with E-state index in [4.69, 9.17) is 4.99 Å². The molecule has 1 aliphatic heterocycles. The molecular formula is C29H42N4. The number of nitrogens with zero attached hydrogens (tertiary/aromatic N) is 3. The molecule has 1 aromatic rings. The van der Waals surface area contributed by atoms with Crippen LogP contribution in [0.5, 0.6) is 0 Å². The monoisotopic (exact) mass is 446 g/mol. The molecule has 1 aliphatic carbocycles. The lowest BCUT2D eigenvalue weighted by Gasteiger charge is -2.28. The maximum atomic E-state index is 4.81. The number of rotatable bonds is 7. The number of fused-ring (bicyclic) bond motifs is 1. The SMILES string of the molecule is C=C(C)C.C=C(N[C@H]1CCc2cc(C(=C)CC)ccc21)C1=NCC=NC(CC)=CC1N(C)C. The van der Waals surface area contributed by atoms with Crippen LogP contribution in [-0.4, -0.2) is 43.5 Å². The van der Waals surface area contributed by atoms with Gasteiger partial charge in [-0.05, 0) is 82.0 Å². The second-order valence-corrected chi connectivity index (χ2v) is 9.25. The molecule has 0 saturated heterocycles. The third-order valence-electron chi connectivity index (χ3n) is 5.86. The quantitative estimate of drug-likeness (QED) is 0.484. The summed E-state index contributed by atoms with van der Waals surface area (Å²) < 4.78 is 0. The van der Waals surface area contributed by atoms with E-state index in [1.165, 1.54) is 27.8 Å². The maximum Gasteiger partial charge on any atom is 0.0789 e. The zero-order valence-corrected chi connectivity index (χ0v) is 21.5. The second-order valence-electron chi connectivity index (χ2n) is 9.25. The summed E-state index contributed by atoms with van der Waals surface area (Å²) in [5, 5.41) is 3.69. The topological polar surface area (TPSA) is 40.0 Å². The minimum atomic E-state index is 0.0681. The lowest BCUT2D eigenvalue weighted by atomic mass is 9.99. The molecule has 33 heavy (non-hydrogen) atoms. The molecule has 0 amide bonds. The van der Waals surface area contributed by atoms with Gasteiger partial charge in [0.15, 0.2) is 0 Å². The van der Waals surface area contributed by atoms with Gasteiger partial charge in [-0.25, -0.2) is 0 Å². The number of hydrogen-bond donors (Lipinski definition) is 1. The predicted octanol–water partition coefficient (Wildman–Crippen LogP) is 6.53. The van der Waals surface area contributed by atoms with E-state index in [1.807, 2.05) is 20.1 Å². The van der Waals surface area contributed by atoms with Crippen LogP contribution in [0.3, 0.4) is 0 Å². The van der Waals surface area contributed by atoms with Crippen molar-refractivity contribution < 1.29 is 0 Å². The number of likely N-dealkylation sites (N-methyl/N-ethyl adjacent to an activating group) is 1. The minimum absolute atomic E-state index is 0.0681. The Kier molecular flexibility index (Phi) is 10.1. The lowest BCUT2D eigenvalue weighted by Crippen LogP contribution is -2.39. The summed E-state index contributed by atoms with van der Waals surface area (Å²) in [6, 6.07) is 7.12. The summed E-state index contributed by atoms with van der Waals surface area (Å²) in [6.45, 7) is 20.9. The Hall–Kier alpha value is -2.72. The molecule has 2 aliphatic rings. The van der Waals surface area contributed by atoms with Crippen LogP contribution in [0.25, 0.3) is 5.57 Å². The molecular weight excluding hydrogens is 404 g/mol. The minimum Gasteiger partial charge on any atom is -0.377 e. The molecule has 2 atom stereocenters.